The summed E-state index contributed by atoms with van der Waals surface area (Å²) >= 11 is 0. The van der Waals surface area contributed by atoms with Crippen molar-refractivity contribution in [3.63, 3.8) is 0 Å². The molecule has 4 heteroatoms. The molecule has 0 aromatic heterocycles. The Morgan fingerprint density at radius 2 is 1.93 bits per heavy atom. The first-order valence-electron chi connectivity index (χ1n) is 4.30. The fraction of sp³-hybridized carbons (Fsp3) is 0.273. The van der Waals surface area contributed by atoms with E-state index in [2.05, 4.69) is 6.58 Å². The molecule has 0 saturated heterocycles. The van der Waals surface area contributed by atoms with E-state index in [0.29, 0.717) is 12.0 Å². The topological polar surface area (TPSA) is 0 Å². The van der Waals surface area contributed by atoms with E-state index in [9.17, 15) is 17.6 Å². The molecule has 1 aromatic carbocycles. The van der Waals surface area contributed by atoms with Crippen LogP contribution in [0.3, 0.4) is 0 Å². The van der Waals surface area contributed by atoms with Gasteiger partial charge in [0.1, 0.15) is 5.82 Å². The lowest BCUT2D eigenvalue weighted by Gasteiger charge is -2.09. The van der Waals surface area contributed by atoms with E-state index < -0.39 is 17.6 Å². The maximum Gasteiger partial charge on any atom is 0.419 e. The second-order valence-corrected chi connectivity index (χ2v) is 3.45. The van der Waals surface area contributed by atoms with Gasteiger partial charge in [0.2, 0.25) is 0 Å². The highest BCUT2D eigenvalue weighted by Gasteiger charge is 2.33. The lowest BCUT2D eigenvalue weighted by atomic mass is 10.0. The smallest absolute Gasteiger partial charge is 0.206 e. The van der Waals surface area contributed by atoms with Gasteiger partial charge in [-0.25, -0.2) is 4.39 Å². The van der Waals surface area contributed by atoms with Crippen LogP contribution < -0.4 is 0 Å². The van der Waals surface area contributed by atoms with Gasteiger partial charge in [0.25, 0.3) is 0 Å². The van der Waals surface area contributed by atoms with E-state index in [1.165, 1.54) is 6.07 Å². The number of benzene rings is 1. The maximum absolute atomic E-state index is 13.0. The molecule has 0 aliphatic carbocycles. The van der Waals surface area contributed by atoms with E-state index >= 15 is 0 Å². The summed E-state index contributed by atoms with van der Waals surface area (Å²) in [5.74, 6) is -1.23. The highest BCUT2D eigenvalue weighted by Crippen LogP contribution is 2.31. The molecule has 0 unspecified atom stereocenters. The minimum absolute atomic E-state index is 0.384. The number of alkyl halides is 3. The largest absolute Gasteiger partial charge is 0.419 e. The van der Waals surface area contributed by atoms with Gasteiger partial charge in [0.15, 0.2) is 0 Å². The van der Waals surface area contributed by atoms with E-state index in [4.69, 9.17) is 0 Å². The normalized spacial score (nSPS) is 11.5. The van der Waals surface area contributed by atoms with Crippen molar-refractivity contribution in [2.45, 2.75) is 19.5 Å². The number of halogens is 4. The summed E-state index contributed by atoms with van der Waals surface area (Å²) < 4.78 is 49.6. The van der Waals surface area contributed by atoms with Crippen LogP contribution >= 0.6 is 0 Å². The summed E-state index contributed by atoms with van der Waals surface area (Å²) in [7, 11) is 0. The number of rotatable bonds is 2. The predicted molar refractivity (Wildman–Crippen MR) is 49.9 cm³/mol. The van der Waals surface area contributed by atoms with Gasteiger partial charge in [-0.3, -0.25) is 0 Å². The number of hydrogen-bond donors (Lipinski definition) is 0. The quantitative estimate of drug-likeness (QED) is 0.520. The Morgan fingerprint density at radius 3 is 2.33 bits per heavy atom. The number of allylic oxidation sites excluding steroid dienone is 1. The first-order valence-corrected chi connectivity index (χ1v) is 4.30. The zero-order chi connectivity index (χ0) is 11.6. The molecule has 0 spiro atoms. The molecule has 0 saturated carbocycles. The summed E-state index contributed by atoms with van der Waals surface area (Å²) in [4.78, 5) is 0. The van der Waals surface area contributed by atoms with Crippen molar-refractivity contribution in [2.75, 3.05) is 0 Å². The molecule has 0 amide bonds. The van der Waals surface area contributed by atoms with Crippen molar-refractivity contribution in [1.29, 1.82) is 0 Å². The second kappa shape index (κ2) is 4.04. The van der Waals surface area contributed by atoms with Crippen molar-refractivity contribution in [3.8, 4) is 0 Å². The Balaban J connectivity index is 3.04. The second-order valence-electron chi connectivity index (χ2n) is 3.45. The van der Waals surface area contributed by atoms with E-state index in [0.717, 1.165) is 17.7 Å². The van der Waals surface area contributed by atoms with Crippen LogP contribution in [0.1, 0.15) is 18.1 Å². The van der Waals surface area contributed by atoms with Gasteiger partial charge in [0, 0.05) is 0 Å². The van der Waals surface area contributed by atoms with Gasteiger partial charge in [-0.15, -0.1) is 0 Å². The van der Waals surface area contributed by atoms with Crippen LogP contribution in [0.25, 0.3) is 0 Å². The minimum Gasteiger partial charge on any atom is -0.206 e. The molecule has 1 rings (SSSR count). The molecule has 0 aliphatic heterocycles. The third kappa shape index (κ3) is 3.08. The Labute approximate surface area is 85.2 Å². The average molecular weight is 218 g/mol. The summed E-state index contributed by atoms with van der Waals surface area (Å²) in [6, 6.07) is 2.92. The van der Waals surface area contributed by atoms with E-state index in [-0.39, 0.29) is 0 Å². The van der Waals surface area contributed by atoms with Gasteiger partial charge < -0.3 is 0 Å². The molecular formula is C11H10F4. The van der Waals surface area contributed by atoms with Gasteiger partial charge in [0.05, 0.1) is 5.56 Å². The van der Waals surface area contributed by atoms with Crippen molar-refractivity contribution < 1.29 is 17.6 Å². The third-order valence-corrected chi connectivity index (χ3v) is 1.84. The standard InChI is InChI=1S/C11H10F4/c1-7(2)5-8-3-4-9(10(12)6-8)11(13,14)15/h3-4,6H,1,5H2,2H3. The predicted octanol–water partition coefficient (Wildman–Crippen LogP) is 3.96. The van der Waals surface area contributed by atoms with Gasteiger partial charge >= 0.3 is 6.18 Å². The maximum atomic E-state index is 13.0. The van der Waals surface area contributed by atoms with Crippen molar-refractivity contribution in [2.24, 2.45) is 0 Å². The van der Waals surface area contributed by atoms with Crippen molar-refractivity contribution in [1.82, 2.24) is 0 Å². The Kier molecular flexibility index (Phi) is 3.17. The van der Waals surface area contributed by atoms with Crippen LogP contribution in [0.15, 0.2) is 30.4 Å². The minimum atomic E-state index is -4.63. The van der Waals surface area contributed by atoms with Crippen LogP contribution in [0.2, 0.25) is 0 Å². The molecule has 0 fully saturated rings. The monoisotopic (exact) mass is 218 g/mol. The third-order valence-electron chi connectivity index (χ3n) is 1.84. The average Bonchev–Trinajstić information content (AvgIpc) is 1.99. The molecule has 0 N–H and O–H groups in total. The zero-order valence-electron chi connectivity index (χ0n) is 8.16. The molecule has 1 aromatic rings. The van der Waals surface area contributed by atoms with Crippen LogP contribution in [-0.4, -0.2) is 0 Å². The molecular weight excluding hydrogens is 208 g/mol. The highest BCUT2D eigenvalue weighted by molar-refractivity contribution is 5.28. The fourth-order valence-corrected chi connectivity index (χ4v) is 1.25. The molecule has 0 aliphatic rings. The summed E-state index contributed by atoms with van der Waals surface area (Å²) in [6.07, 6.45) is -4.25. The molecule has 15 heavy (non-hydrogen) atoms. The van der Waals surface area contributed by atoms with Crippen LogP contribution in [-0.2, 0) is 12.6 Å². The fourth-order valence-electron chi connectivity index (χ4n) is 1.25. The Bertz CT molecular complexity index is 377. The van der Waals surface area contributed by atoms with Crippen molar-refractivity contribution >= 4 is 0 Å². The summed E-state index contributed by atoms with van der Waals surface area (Å²) in [5, 5.41) is 0. The van der Waals surface area contributed by atoms with Crippen molar-refractivity contribution in [3.05, 3.63) is 47.3 Å². The molecule has 0 radical (unpaired) electrons. The summed E-state index contributed by atoms with van der Waals surface area (Å²) in [6.45, 7) is 5.34. The molecule has 0 bridgehead atoms. The molecule has 0 heterocycles. The molecule has 0 nitrogen and oxygen atoms in total. The van der Waals surface area contributed by atoms with Gasteiger partial charge in [-0.05, 0) is 31.0 Å². The first-order chi connectivity index (χ1) is 6.80. The molecule has 82 valence electrons. The highest BCUT2D eigenvalue weighted by atomic mass is 19.4. The Morgan fingerprint density at radius 1 is 1.33 bits per heavy atom. The lowest BCUT2D eigenvalue weighted by Crippen LogP contribution is -2.08. The van der Waals surface area contributed by atoms with Gasteiger partial charge in [-0.2, -0.15) is 13.2 Å². The van der Waals surface area contributed by atoms with E-state index in [1.807, 2.05) is 0 Å². The Hall–Kier alpha value is -1.32. The molecule has 0 atom stereocenters. The first kappa shape index (κ1) is 11.8. The van der Waals surface area contributed by atoms with Crippen LogP contribution in [0.5, 0.6) is 0 Å². The lowest BCUT2D eigenvalue weighted by molar-refractivity contribution is -0.140. The van der Waals surface area contributed by atoms with Crippen LogP contribution in [0.4, 0.5) is 17.6 Å². The van der Waals surface area contributed by atoms with Gasteiger partial charge in [-0.1, -0.05) is 18.2 Å². The SMILES string of the molecule is C=C(C)Cc1ccc(C(F)(F)F)c(F)c1. The number of hydrogen-bond acceptors (Lipinski definition) is 0. The zero-order valence-corrected chi connectivity index (χ0v) is 8.16. The van der Waals surface area contributed by atoms with E-state index in [1.54, 1.807) is 6.92 Å². The summed E-state index contributed by atoms with van der Waals surface area (Å²) in [5.41, 5.74) is 0.0372. The van der Waals surface area contributed by atoms with Crippen LogP contribution in [0, 0.1) is 5.82 Å².